The Hall–Kier alpha value is -0.770. The molecule has 2 unspecified atom stereocenters. The Morgan fingerprint density at radius 2 is 2.16 bits per heavy atom. The molecule has 2 amide bonds. The maximum Gasteiger partial charge on any atom is 0.317 e. The molecular weight excluding hydrogens is 240 g/mol. The Labute approximate surface area is 116 Å². The van der Waals surface area contributed by atoms with Crippen LogP contribution in [0.2, 0.25) is 0 Å². The first-order valence-electron chi connectivity index (χ1n) is 7.63. The topological polar surface area (TPSA) is 52.6 Å². The van der Waals surface area contributed by atoms with Gasteiger partial charge in [-0.2, -0.15) is 0 Å². The number of amides is 2. The minimum Gasteiger partial charge on any atom is -0.391 e. The second-order valence-corrected chi connectivity index (χ2v) is 7.04. The third-order valence-electron chi connectivity index (χ3n) is 4.62. The van der Waals surface area contributed by atoms with Crippen LogP contribution in [0.5, 0.6) is 0 Å². The molecule has 2 rings (SSSR count). The Kier molecular flexibility index (Phi) is 4.39. The van der Waals surface area contributed by atoms with Gasteiger partial charge in [-0.15, -0.1) is 0 Å². The van der Waals surface area contributed by atoms with Gasteiger partial charge in [-0.25, -0.2) is 4.79 Å². The van der Waals surface area contributed by atoms with Crippen LogP contribution in [0, 0.1) is 17.3 Å². The molecule has 2 atom stereocenters. The fourth-order valence-corrected chi connectivity index (χ4v) is 3.10. The zero-order valence-corrected chi connectivity index (χ0v) is 12.5. The molecule has 2 fully saturated rings. The van der Waals surface area contributed by atoms with Gasteiger partial charge in [0.05, 0.1) is 6.10 Å². The van der Waals surface area contributed by atoms with Crippen molar-refractivity contribution in [1.82, 2.24) is 10.2 Å². The summed E-state index contributed by atoms with van der Waals surface area (Å²) in [7, 11) is 0. The van der Waals surface area contributed by atoms with Gasteiger partial charge in [-0.1, -0.05) is 20.8 Å². The molecule has 1 aliphatic carbocycles. The van der Waals surface area contributed by atoms with Gasteiger partial charge in [0.25, 0.3) is 0 Å². The summed E-state index contributed by atoms with van der Waals surface area (Å²) in [4.78, 5) is 13.9. The number of rotatable bonds is 4. The average molecular weight is 268 g/mol. The third kappa shape index (κ3) is 3.85. The maximum atomic E-state index is 12.1. The van der Waals surface area contributed by atoms with Gasteiger partial charge in [-0.05, 0) is 42.9 Å². The molecule has 110 valence electrons. The first kappa shape index (κ1) is 14.6. The number of hydrogen-bond acceptors (Lipinski definition) is 2. The summed E-state index contributed by atoms with van der Waals surface area (Å²) in [5.41, 5.74) is 0.367. The number of hydrogen-bond donors (Lipinski definition) is 2. The molecule has 19 heavy (non-hydrogen) atoms. The van der Waals surface area contributed by atoms with Gasteiger partial charge < -0.3 is 15.3 Å². The molecule has 0 radical (unpaired) electrons. The van der Waals surface area contributed by atoms with E-state index in [1.807, 2.05) is 6.92 Å². The third-order valence-corrected chi connectivity index (χ3v) is 4.62. The van der Waals surface area contributed by atoms with E-state index in [1.54, 1.807) is 4.90 Å². The van der Waals surface area contributed by atoms with Crippen LogP contribution < -0.4 is 5.32 Å². The predicted molar refractivity (Wildman–Crippen MR) is 75.9 cm³/mol. The van der Waals surface area contributed by atoms with E-state index in [4.69, 9.17) is 0 Å². The molecule has 1 saturated heterocycles. The number of piperidine rings is 1. The molecule has 1 aliphatic heterocycles. The SMILES string of the molecule is CC(C)CC1(CNC(=O)N2CCC(C)C(O)C2)CC1. The predicted octanol–water partition coefficient (Wildman–Crippen LogP) is 2.22. The first-order valence-corrected chi connectivity index (χ1v) is 7.63. The number of nitrogens with zero attached hydrogens (tertiary/aromatic N) is 1. The Balaban J connectivity index is 1.76. The Bertz CT molecular complexity index is 326. The molecule has 1 heterocycles. The minimum atomic E-state index is -0.370. The number of aliphatic hydroxyl groups excluding tert-OH is 1. The highest BCUT2D eigenvalue weighted by Crippen LogP contribution is 2.50. The van der Waals surface area contributed by atoms with Crippen LogP contribution in [0.15, 0.2) is 0 Å². The van der Waals surface area contributed by atoms with Crippen molar-refractivity contribution in [3.8, 4) is 0 Å². The molecule has 4 nitrogen and oxygen atoms in total. The summed E-state index contributed by atoms with van der Waals surface area (Å²) in [5, 5.41) is 12.9. The van der Waals surface area contributed by atoms with Gasteiger partial charge >= 0.3 is 6.03 Å². The zero-order valence-electron chi connectivity index (χ0n) is 12.5. The highest BCUT2D eigenvalue weighted by Gasteiger charge is 2.43. The van der Waals surface area contributed by atoms with Gasteiger partial charge in [0.2, 0.25) is 0 Å². The van der Waals surface area contributed by atoms with Gasteiger partial charge in [0, 0.05) is 19.6 Å². The number of carbonyl (C=O) groups is 1. The van der Waals surface area contributed by atoms with E-state index < -0.39 is 0 Å². The molecule has 4 heteroatoms. The van der Waals surface area contributed by atoms with E-state index in [-0.39, 0.29) is 12.1 Å². The minimum absolute atomic E-state index is 0.000908. The van der Waals surface area contributed by atoms with Crippen molar-refractivity contribution >= 4 is 6.03 Å². The quantitative estimate of drug-likeness (QED) is 0.821. The average Bonchev–Trinajstić information content (AvgIpc) is 3.09. The number of likely N-dealkylation sites (tertiary alicyclic amines) is 1. The van der Waals surface area contributed by atoms with Crippen LogP contribution in [0.1, 0.15) is 46.5 Å². The van der Waals surface area contributed by atoms with Crippen LogP contribution in [0.3, 0.4) is 0 Å². The van der Waals surface area contributed by atoms with E-state index in [0.29, 0.717) is 23.8 Å². The van der Waals surface area contributed by atoms with Crippen LogP contribution >= 0.6 is 0 Å². The van der Waals surface area contributed by atoms with Gasteiger partial charge in [0.1, 0.15) is 0 Å². The highest BCUT2D eigenvalue weighted by atomic mass is 16.3. The standard InChI is InChI=1S/C15H28N2O2/c1-11(2)8-15(5-6-15)10-16-14(19)17-7-4-12(3)13(18)9-17/h11-13,18H,4-10H2,1-3H3,(H,16,19). The van der Waals surface area contributed by atoms with Crippen molar-refractivity contribution in [2.75, 3.05) is 19.6 Å². The molecule has 0 aromatic heterocycles. The molecule has 0 spiro atoms. The van der Waals surface area contributed by atoms with E-state index in [0.717, 1.165) is 19.5 Å². The summed E-state index contributed by atoms with van der Waals surface area (Å²) in [6.45, 7) is 8.56. The first-order chi connectivity index (χ1) is 8.92. The van der Waals surface area contributed by atoms with E-state index in [1.165, 1.54) is 19.3 Å². The highest BCUT2D eigenvalue weighted by molar-refractivity contribution is 5.74. The molecule has 0 aromatic carbocycles. The lowest BCUT2D eigenvalue weighted by atomic mass is 9.94. The molecule has 2 N–H and O–H groups in total. The lowest BCUT2D eigenvalue weighted by molar-refractivity contribution is 0.0433. The molecular formula is C15H28N2O2. The van der Waals surface area contributed by atoms with Crippen LogP contribution in [-0.4, -0.2) is 41.8 Å². The lowest BCUT2D eigenvalue weighted by Gasteiger charge is -2.34. The van der Waals surface area contributed by atoms with Crippen molar-refractivity contribution in [1.29, 1.82) is 0 Å². The van der Waals surface area contributed by atoms with E-state index in [2.05, 4.69) is 19.2 Å². The Morgan fingerprint density at radius 1 is 1.47 bits per heavy atom. The van der Waals surface area contributed by atoms with E-state index >= 15 is 0 Å². The normalized spacial score (nSPS) is 29.4. The second-order valence-electron chi connectivity index (χ2n) is 7.04. The monoisotopic (exact) mass is 268 g/mol. The summed E-state index contributed by atoms with van der Waals surface area (Å²) in [5.74, 6) is 0.997. The fourth-order valence-electron chi connectivity index (χ4n) is 3.10. The number of carbonyl (C=O) groups excluding carboxylic acids is 1. The van der Waals surface area contributed by atoms with Crippen molar-refractivity contribution in [2.24, 2.45) is 17.3 Å². The number of β-amino-alcohol motifs (C(OH)–C–C–N with tert-alkyl or cyclic N) is 1. The van der Waals surface area contributed by atoms with Crippen molar-refractivity contribution in [2.45, 2.75) is 52.6 Å². The van der Waals surface area contributed by atoms with Crippen molar-refractivity contribution in [3.63, 3.8) is 0 Å². The summed E-state index contributed by atoms with van der Waals surface area (Å²) >= 11 is 0. The Morgan fingerprint density at radius 3 is 2.68 bits per heavy atom. The largest absolute Gasteiger partial charge is 0.391 e. The second kappa shape index (κ2) is 5.70. The number of urea groups is 1. The van der Waals surface area contributed by atoms with Crippen molar-refractivity contribution in [3.05, 3.63) is 0 Å². The summed E-state index contributed by atoms with van der Waals surface area (Å²) < 4.78 is 0. The molecule has 0 aromatic rings. The molecule has 2 aliphatic rings. The van der Waals surface area contributed by atoms with Crippen LogP contribution in [0.25, 0.3) is 0 Å². The molecule has 0 bridgehead atoms. The van der Waals surface area contributed by atoms with Crippen molar-refractivity contribution < 1.29 is 9.90 Å². The summed E-state index contributed by atoms with van der Waals surface area (Å²) in [6.07, 6.45) is 4.21. The molecule has 1 saturated carbocycles. The maximum absolute atomic E-state index is 12.1. The number of nitrogens with one attached hydrogen (secondary N) is 1. The van der Waals surface area contributed by atoms with Gasteiger partial charge in [-0.3, -0.25) is 0 Å². The summed E-state index contributed by atoms with van der Waals surface area (Å²) in [6, 6.07) is 0.000908. The van der Waals surface area contributed by atoms with E-state index in [9.17, 15) is 9.90 Å². The lowest BCUT2D eigenvalue weighted by Crippen LogP contribution is -2.50. The van der Waals surface area contributed by atoms with Crippen LogP contribution in [0.4, 0.5) is 4.79 Å². The number of aliphatic hydroxyl groups is 1. The van der Waals surface area contributed by atoms with Crippen LogP contribution in [-0.2, 0) is 0 Å². The smallest absolute Gasteiger partial charge is 0.317 e. The zero-order chi connectivity index (χ0) is 14.0. The van der Waals surface area contributed by atoms with Gasteiger partial charge in [0.15, 0.2) is 0 Å². The fraction of sp³-hybridized carbons (Fsp3) is 0.933.